The van der Waals surface area contributed by atoms with Crippen LogP contribution in [-0.4, -0.2) is 18.9 Å². The zero-order valence-corrected chi connectivity index (χ0v) is 12.4. The maximum atomic E-state index is 13.6. The van der Waals surface area contributed by atoms with Gasteiger partial charge in [-0.1, -0.05) is 18.6 Å². The van der Waals surface area contributed by atoms with Crippen molar-refractivity contribution in [3.05, 3.63) is 41.2 Å². The summed E-state index contributed by atoms with van der Waals surface area (Å²) in [7, 11) is -3.04. The lowest BCUT2D eigenvalue weighted by atomic mass is 9.92. The van der Waals surface area contributed by atoms with Crippen LogP contribution in [0.3, 0.4) is 0 Å². The van der Waals surface area contributed by atoms with Crippen molar-refractivity contribution in [2.45, 2.75) is 42.6 Å². The number of rotatable bonds is 2. The molecule has 0 spiro atoms. The summed E-state index contributed by atoms with van der Waals surface area (Å²) < 4.78 is 38.1. The molecule has 0 aromatic heterocycles. The van der Waals surface area contributed by atoms with Crippen LogP contribution in [0.5, 0.6) is 0 Å². The van der Waals surface area contributed by atoms with Crippen LogP contribution < -0.4 is 0 Å². The lowest BCUT2D eigenvalue weighted by Gasteiger charge is -2.33. The third-order valence-corrected chi connectivity index (χ3v) is 6.97. The first-order chi connectivity index (χ1) is 10.0. The zero-order valence-electron chi connectivity index (χ0n) is 11.5. The number of nitrogens with zero attached hydrogens (tertiary/aromatic N) is 1. The summed E-state index contributed by atoms with van der Waals surface area (Å²) in [6, 6.07) is 6.67. The van der Waals surface area contributed by atoms with Crippen molar-refractivity contribution in [2.24, 2.45) is 0 Å². The van der Waals surface area contributed by atoms with Gasteiger partial charge >= 0.3 is 0 Å². The van der Waals surface area contributed by atoms with Crippen LogP contribution >= 0.6 is 0 Å². The Kier molecular flexibility index (Phi) is 3.58. The predicted octanol–water partition coefficient (Wildman–Crippen LogP) is 3.01. The van der Waals surface area contributed by atoms with E-state index in [1.54, 1.807) is 12.1 Å². The third-order valence-electron chi connectivity index (χ3n) is 4.42. The van der Waals surface area contributed by atoms with Crippen molar-refractivity contribution >= 4 is 15.4 Å². The molecule has 0 aliphatic carbocycles. The SMILES string of the molecule is N#CCc1cc(C2=CC3CCCC(C2)S3(=O)=O)ccc1F. The second kappa shape index (κ2) is 5.27. The summed E-state index contributed by atoms with van der Waals surface area (Å²) in [4.78, 5) is 0. The van der Waals surface area contributed by atoms with Crippen molar-refractivity contribution in [1.29, 1.82) is 5.26 Å². The summed E-state index contributed by atoms with van der Waals surface area (Å²) in [6.45, 7) is 0. The molecule has 2 atom stereocenters. The van der Waals surface area contributed by atoms with E-state index in [1.165, 1.54) is 6.07 Å². The molecule has 3 rings (SSSR count). The highest BCUT2D eigenvalue weighted by Crippen LogP contribution is 2.39. The topological polar surface area (TPSA) is 57.9 Å². The van der Waals surface area contributed by atoms with Crippen LogP contribution in [-0.2, 0) is 16.3 Å². The molecule has 0 N–H and O–H groups in total. The summed E-state index contributed by atoms with van der Waals surface area (Å²) in [6.07, 6.45) is 4.68. The number of allylic oxidation sites excluding steroid dienone is 1. The summed E-state index contributed by atoms with van der Waals surface area (Å²) in [5.41, 5.74) is 2.18. The Morgan fingerprint density at radius 3 is 2.86 bits per heavy atom. The van der Waals surface area contributed by atoms with Crippen LogP contribution in [0.15, 0.2) is 24.3 Å². The number of fused-ring (bicyclic) bond motifs is 2. The maximum absolute atomic E-state index is 13.6. The van der Waals surface area contributed by atoms with E-state index < -0.39 is 15.1 Å². The van der Waals surface area contributed by atoms with Crippen molar-refractivity contribution < 1.29 is 12.8 Å². The van der Waals surface area contributed by atoms with Gasteiger partial charge in [-0.3, -0.25) is 0 Å². The van der Waals surface area contributed by atoms with Gasteiger partial charge in [-0.25, -0.2) is 12.8 Å². The number of halogens is 1. The molecule has 3 nitrogen and oxygen atoms in total. The van der Waals surface area contributed by atoms with Crippen molar-refractivity contribution in [1.82, 2.24) is 0 Å². The minimum atomic E-state index is -3.04. The summed E-state index contributed by atoms with van der Waals surface area (Å²) in [5.74, 6) is -0.385. The average molecular weight is 305 g/mol. The molecule has 0 amide bonds. The van der Waals surface area contributed by atoms with Crippen LogP contribution in [0, 0.1) is 17.1 Å². The number of nitriles is 1. The standard InChI is InChI=1S/C16H16FNO2S/c17-16-5-4-11(8-12(16)6-7-18)13-9-14-2-1-3-15(10-13)21(14,19)20/h4-5,8-9,14-15H,1-3,6,10H2. The van der Waals surface area contributed by atoms with Gasteiger partial charge < -0.3 is 0 Å². The fourth-order valence-corrected chi connectivity index (χ4v) is 5.52. The van der Waals surface area contributed by atoms with Crippen molar-refractivity contribution in [3.63, 3.8) is 0 Å². The number of benzene rings is 1. The second-order valence-electron chi connectivity index (χ2n) is 5.72. The van der Waals surface area contributed by atoms with Gasteiger partial charge in [0.2, 0.25) is 0 Å². The third kappa shape index (κ3) is 2.49. The van der Waals surface area contributed by atoms with E-state index in [0.717, 1.165) is 17.6 Å². The number of hydrogen-bond donors (Lipinski definition) is 0. The first-order valence-electron chi connectivity index (χ1n) is 7.11. The molecule has 2 unspecified atom stereocenters. The van der Waals surface area contributed by atoms with E-state index in [-0.39, 0.29) is 17.5 Å². The molecule has 1 saturated heterocycles. The van der Waals surface area contributed by atoms with E-state index in [9.17, 15) is 12.8 Å². The lowest BCUT2D eigenvalue weighted by molar-refractivity contribution is 0.518. The van der Waals surface area contributed by atoms with Crippen molar-refractivity contribution in [3.8, 4) is 6.07 Å². The minimum Gasteiger partial charge on any atom is -0.228 e. The average Bonchev–Trinajstić information content (AvgIpc) is 2.40. The van der Waals surface area contributed by atoms with E-state index in [4.69, 9.17) is 5.26 Å². The summed E-state index contributed by atoms with van der Waals surface area (Å²) in [5, 5.41) is 8.03. The molecule has 2 aliphatic heterocycles. The molecule has 110 valence electrons. The highest BCUT2D eigenvalue weighted by molar-refractivity contribution is 7.93. The molecular formula is C16H16FNO2S. The van der Waals surface area contributed by atoms with E-state index in [2.05, 4.69) is 0 Å². The second-order valence-corrected chi connectivity index (χ2v) is 8.17. The van der Waals surface area contributed by atoms with Gasteiger partial charge in [0.25, 0.3) is 0 Å². The van der Waals surface area contributed by atoms with Crippen LogP contribution in [0.25, 0.3) is 5.57 Å². The van der Waals surface area contributed by atoms with Gasteiger partial charge in [0, 0.05) is 5.56 Å². The maximum Gasteiger partial charge on any atom is 0.159 e. The van der Waals surface area contributed by atoms with Crippen LogP contribution in [0.1, 0.15) is 36.8 Å². The Balaban J connectivity index is 2.00. The molecule has 1 aromatic carbocycles. The highest BCUT2D eigenvalue weighted by Gasteiger charge is 2.40. The Morgan fingerprint density at radius 2 is 2.14 bits per heavy atom. The van der Waals surface area contributed by atoms with Gasteiger partial charge in [0.15, 0.2) is 9.84 Å². The van der Waals surface area contributed by atoms with E-state index >= 15 is 0 Å². The molecule has 2 heterocycles. The molecule has 1 aromatic rings. The molecule has 21 heavy (non-hydrogen) atoms. The Morgan fingerprint density at radius 1 is 1.33 bits per heavy atom. The molecule has 2 aliphatic rings. The molecule has 2 bridgehead atoms. The largest absolute Gasteiger partial charge is 0.228 e. The quantitative estimate of drug-likeness (QED) is 0.844. The molecule has 0 saturated carbocycles. The Bertz CT molecular complexity index is 746. The fraction of sp³-hybridized carbons (Fsp3) is 0.438. The smallest absolute Gasteiger partial charge is 0.159 e. The van der Waals surface area contributed by atoms with Gasteiger partial charge in [-0.15, -0.1) is 0 Å². The first-order valence-corrected chi connectivity index (χ1v) is 8.72. The first kappa shape index (κ1) is 14.3. The van der Waals surface area contributed by atoms with Gasteiger partial charge in [-0.05, 0) is 42.5 Å². The van der Waals surface area contributed by atoms with Crippen LogP contribution in [0.4, 0.5) is 4.39 Å². The Hall–Kier alpha value is -1.67. The molecule has 5 heteroatoms. The number of hydrogen-bond acceptors (Lipinski definition) is 3. The van der Waals surface area contributed by atoms with Gasteiger partial charge in [-0.2, -0.15) is 5.26 Å². The Labute approximate surface area is 124 Å². The number of sulfone groups is 1. The van der Waals surface area contributed by atoms with E-state index in [1.807, 2.05) is 12.1 Å². The minimum absolute atomic E-state index is 0.0259. The van der Waals surface area contributed by atoms with Gasteiger partial charge in [0.05, 0.1) is 23.0 Å². The molecular weight excluding hydrogens is 289 g/mol. The monoisotopic (exact) mass is 305 g/mol. The molecule has 1 fully saturated rings. The van der Waals surface area contributed by atoms with E-state index in [0.29, 0.717) is 24.8 Å². The molecule has 0 radical (unpaired) electrons. The summed E-state index contributed by atoms with van der Waals surface area (Å²) >= 11 is 0. The fourth-order valence-electron chi connectivity index (χ4n) is 3.27. The van der Waals surface area contributed by atoms with Crippen molar-refractivity contribution in [2.75, 3.05) is 0 Å². The van der Waals surface area contributed by atoms with Crippen LogP contribution in [0.2, 0.25) is 0 Å². The van der Waals surface area contributed by atoms with Gasteiger partial charge in [0.1, 0.15) is 5.82 Å². The highest BCUT2D eigenvalue weighted by atomic mass is 32.2. The zero-order chi connectivity index (χ0) is 15.0. The normalized spacial score (nSPS) is 26.8. The lowest BCUT2D eigenvalue weighted by Crippen LogP contribution is -2.38. The predicted molar refractivity (Wildman–Crippen MR) is 78.7 cm³/mol.